The summed E-state index contributed by atoms with van der Waals surface area (Å²) in [7, 11) is 0. The number of benzene rings is 22. The summed E-state index contributed by atoms with van der Waals surface area (Å²) in [5.41, 5.74) is 22.2. The molecule has 0 fully saturated rings. The van der Waals surface area contributed by atoms with E-state index >= 15 is 0 Å². The van der Waals surface area contributed by atoms with Crippen LogP contribution in [-0.4, -0.2) is 0 Å². The van der Waals surface area contributed by atoms with Crippen molar-refractivity contribution < 1.29 is 33.4 Å². The van der Waals surface area contributed by atoms with Crippen molar-refractivity contribution >= 4 is 207 Å². The molecule has 0 bridgehead atoms. The Hall–Kier alpha value is -16.5. The summed E-state index contributed by atoms with van der Waals surface area (Å²) >= 11 is 0. The first kappa shape index (κ1) is 64.5. The summed E-state index contributed by atoms with van der Waals surface area (Å²) < 4.78 is 81.4. The normalized spacial score (nSPS) is 12.6. The van der Waals surface area contributed by atoms with Gasteiger partial charge in [-0.2, -0.15) is 0 Å². The highest BCUT2D eigenvalue weighted by Crippen LogP contribution is 2.55. The third-order valence-electron chi connectivity index (χ3n) is 25.4. The Morgan fingerprint density at radius 2 is 0.476 bits per heavy atom. The zero-order valence-corrected chi connectivity index (χ0v) is 66.3. The van der Waals surface area contributed by atoms with E-state index in [1.54, 1.807) is 0 Å². The topological polar surface area (TPSA) is 78.8 Å². The van der Waals surface area contributed by atoms with Gasteiger partial charge in [0, 0.05) is 76.3 Å². The van der Waals surface area contributed by atoms with E-state index in [2.05, 4.69) is 255 Å². The molecule has 6 aromatic heterocycles. The molecule has 0 saturated carbocycles. The Morgan fingerprint density at radius 3 is 0.976 bits per heavy atom. The van der Waals surface area contributed by atoms with Crippen LogP contribution in [0.2, 0.25) is 0 Å². The number of hydrogen-bond donors (Lipinski definition) is 0. The molecule has 0 aliphatic carbocycles. The fraction of sp³-hybridized carbons (Fsp3) is 0. The maximum Gasteiger partial charge on any atom is 0.179 e. The molecule has 6 nitrogen and oxygen atoms in total. The number of fused-ring (bicyclic) bond motifs is 26. The lowest BCUT2D eigenvalue weighted by Gasteiger charge is -2.18. The standard InChI is InChI=1S/C42H24O2.2C38H22O2/c1-2-12-26-23-27(22-21-25(26)11-1)38-29-14-3-5-16-31(29)39(32-17-6-4-15-30(32)38)35-24-34-28-13-7-9-19-36(28)43-41(34)42-40(35)33-18-8-10-20-37(33)44-42;1-2-12-23(13-3-1)34-26-16-4-6-18-28(26)35(29-19-7-5-17-27(29)34)36-37-30(24-14-8-10-20-32(24)39-37)22-31-25-15-9-11-21-33(25)40-38(31)36;1-2-10-23(11-3-1)37-26-13-4-6-15-28(26)38(29-16-7-5-14-27(29)37)24-18-19-34-30(20-24)32-21-31-25-12-8-9-17-33(25)39-35(31)22-36(32)40-34/h1-24H;2*1-22H/i;;1D,2D,3D,10D,11D. The van der Waals surface area contributed by atoms with E-state index in [0.717, 1.165) is 181 Å². The van der Waals surface area contributed by atoms with E-state index in [-0.39, 0.29) is 29.7 Å². The summed E-state index contributed by atoms with van der Waals surface area (Å²) in [5.74, 6) is 0. The molecular weight excluding hydrogens is 1510 g/mol. The average Bonchev–Trinajstić information content (AvgIpc) is 1.70. The Bertz CT molecular complexity index is 9390. The van der Waals surface area contributed by atoms with Crippen LogP contribution in [0.25, 0.3) is 274 Å². The summed E-state index contributed by atoms with van der Waals surface area (Å²) in [6, 6.07) is 132. The molecule has 0 amide bonds. The van der Waals surface area contributed by atoms with Gasteiger partial charge in [-0.3, -0.25) is 0 Å². The molecule has 576 valence electrons. The molecule has 0 saturated heterocycles. The second kappa shape index (κ2) is 27.5. The molecule has 124 heavy (non-hydrogen) atoms. The van der Waals surface area contributed by atoms with Crippen molar-refractivity contribution in [2.24, 2.45) is 0 Å². The van der Waals surface area contributed by atoms with Crippen LogP contribution in [0.4, 0.5) is 0 Å². The van der Waals surface area contributed by atoms with E-state index < -0.39 is 6.04 Å². The Kier molecular flexibility index (Phi) is 14.3. The van der Waals surface area contributed by atoms with Gasteiger partial charge in [-0.15, -0.1) is 0 Å². The molecule has 0 aliphatic rings. The van der Waals surface area contributed by atoms with Crippen LogP contribution in [0.5, 0.6) is 0 Å². The second-order valence-electron chi connectivity index (χ2n) is 32.1. The summed E-state index contributed by atoms with van der Waals surface area (Å²) in [5, 5.41) is 28.4. The van der Waals surface area contributed by atoms with Crippen molar-refractivity contribution in [3.63, 3.8) is 0 Å². The first-order chi connectivity index (χ1) is 63.6. The molecule has 22 aromatic carbocycles. The summed E-state index contributed by atoms with van der Waals surface area (Å²) in [4.78, 5) is 0. The lowest BCUT2D eigenvalue weighted by molar-refractivity contribution is 0.633. The first-order valence-corrected chi connectivity index (χ1v) is 41.8. The van der Waals surface area contributed by atoms with E-state index in [4.69, 9.17) is 33.4 Å². The molecule has 0 aliphatic heterocycles. The van der Waals surface area contributed by atoms with E-state index in [1.807, 2.05) is 127 Å². The molecule has 6 heterocycles. The van der Waals surface area contributed by atoms with Gasteiger partial charge in [0.15, 0.2) is 11.2 Å². The maximum atomic E-state index is 8.80. The van der Waals surface area contributed by atoms with Gasteiger partial charge in [-0.05, 0) is 198 Å². The van der Waals surface area contributed by atoms with Crippen LogP contribution >= 0.6 is 0 Å². The minimum Gasteiger partial charge on any atom is -0.456 e. The summed E-state index contributed by atoms with van der Waals surface area (Å²) in [6.45, 7) is 0. The quantitative estimate of drug-likeness (QED) is 0.154. The summed E-state index contributed by atoms with van der Waals surface area (Å²) in [6.07, 6.45) is 0. The molecule has 6 heteroatoms. The van der Waals surface area contributed by atoms with E-state index in [1.165, 1.54) is 81.7 Å². The van der Waals surface area contributed by atoms with Crippen LogP contribution in [0.3, 0.4) is 0 Å². The highest BCUT2D eigenvalue weighted by Gasteiger charge is 2.29. The van der Waals surface area contributed by atoms with E-state index in [9.17, 15) is 0 Å². The van der Waals surface area contributed by atoms with Gasteiger partial charge in [0.25, 0.3) is 0 Å². The highest BCUT2D eigenvalue weighted by atomic mass is 16.4. The van der Waals surface area contributed by atoms with Gasteiger partial charge in [0.1, 0.15) is 55.8 Å². The van der Waals surface area contributed by atoms with Gasteiger partial charge < -0.3 is 26.5 Å². The van der Waals surface area contributed by atoms with Crippen LogP contribution < -0.4 is 0 Å². The Balaban J connectivity index is 0.000000102. The minimum atomic E-state index is -0.402. The number of rotatable bonds is 6. The monoisotopic (exact) mass is 1590 g/mol. The molecule has 0 radical (unpaired) electrons. The molecular formula is C118H68O6. The number of hydrogen-bond acceptors (Lipinski definition) is 6. The van der Waals surface area contributed by atoms with Gasteiger partial charge in [-0.1, -0.05) is 340 Å². The smallest absolute Gasteiger partial charge is 0.179 e. The zero-order chi connectivity index (χ0) is 85.5. The highest BCUT2D eigenvalue weighted by molar-refractivity contribution is 6.33. The lowest BCUT2D eigenvalue weighted by atomic mass is 9.84. The largest absolute Gasteiger partial charge is 0.456 e. The van der Waals surface area contributed by atoms with Gasteiger partial charge >= 0.3 is 0 Å². The predicted molar refractivity (Wildman–Crippen MR) is 518 cm³/mol. The first-order valence-electron chi connectivity index (χ1n) is 44.3. The fourth-order valence-corrected chi connectivity index (χ4v) is 20.1. The van der Waals surface area contributed by atoms with Crippen molar-refractivity contribution in [2.45, 2.75) is 0 Å². The van der Waals surface area contributed by atoms with Gasteiger partial charge in [0.05, 0.1) is 12.4 Å². The van der Waals surface area contributed by atoms with Crippen molar-refractivity contribution in [3.05, 3.63) is 412 Å². The molecule has 0 atom stereocenters. The molecule has 0 spiro atoms. The SMILES string of the molecule is [2H]c1c([2H])c([2H])c(-c2c3ccccc3c(-c3ccc4oc5cc6oc7ccccc7c6cc5c4c3)c3ccccc23)c([2H])c1[2H].c1ccc(-c2c3ccccc3c(-c3c4oc5ccccc5c4cc4c3oc3ccccc34)c3ccccc23)cc1.c1ccc2cc(-c3c4ccccc4c(-c4cc5c6ccccc6oc5c5oc6ccccc6c45)c4ccccc34)ccc2c1. The fourth-order valence-electron chi connectivity index (χ4n) is 20.1. The zero-order valence-electron chi connectivity index (χ0n) is 71.3. The van der Waals surface area contributed by atoms with Crippen molar-refractivity contribution in [1.29, 1.82) is 0 Å². The van der Waals surface area contributed by atoms with Crippen LogP contribution in [0.1, 0.15) is 6.85 Å². The lowest BCUT2D eigenvalue weighted by Crippen LogP contribution is -1.91. The number of furan rings is 6. The average molecular weight is 1590 g/mol. The third-order valence-corrected chi connectivity index (χ3v) is 25.4. The molecule has 28 rings (SSSR count). The molecule has 0 unspecified atom stereocenters. The van der Waals surface area contributed by atoms with Crippen LogP contribution in [-0.2, 0) is 0 Å². The third kappa shape index (κ3) is 10.6. The second-order valence-corrected chi connectivity index (χ2v) is 32.1. The van der Waals surface area contributed by atoms with Gasteiger partial charge in [-0.25, -0.2) is 0 Å². The number of para-hydroxylation sites is 5. The maximum absolute atomic E-state index is 8.80. The predicted octanol–water partition coefficient (Wildman–Crippen LogP) is 34.5. The minimum absolute atomic E-state index is 0.201. The van der Waals surface area contributed by atoms with Crippen molar-refractivity contribution in [3.8, 4) is 66.8 Å². The molecule has 0 N–H and O–H groups in total. The van der Waals surface area contributed by atoms with Crippen molar-refractivity contribution in [1.82, 2.24) is 0 Å². The van der Waals surface area contributed by atoms with Crippen LogP contribution in [0.15, 0.2) is 439 Å². The van der Waals surface area contributed by atoms with E-state index in [0.29, 0.717) is 5.56 Å². The Morgan fingerprint density at radius 1 is 0.153 bits per heavy atom. The van der Waals surface area contributed by atoms with Crippen LogP contribution in [0, 0.1) is 0 Å². The van der Waals surface area contributed by atoms with Gasteiger partial charge in [0.2, 0.25) is 0 Å². The Labute approximate surface area is 715 Å². The van der Waals surface area contributed by atoms with Crippen molar-refractivity contribution in [2.75, 3.05) is 0 Å². The molecule has 28 aromatic rings.